The summed E-state index contributed by atoms with van der Waals surface area (Å²) in [5.41, 5.74) is 2.31. The lowest BCUT2D eigenvalue weighted by molar-refractivity contribution is 0.0958. The number of anilines is 2. The second-order valence-electron chi connectivity index (χ2n) is 8.02. The van der Waals surface area contributed by atoms with Crippen molar-refractivity contribution < 1.29 is 4.79 Å². The molecule has 9 heteroatoms. The SMILES string of the molecule is CCn1c(=O)[nH]c2cc(N(C)C3CCN(c4ccc(C(=O)NC)nc4)CC3)ccc2c1=O. The summed E-state index contributed by atoms with van der Waals surface area (Å²) >= 11 is 0. The summed E-state index contributed by atoms with van der Waals surface area (Å²) in [5.74, 6) is -0.192. The van der Waals surface area contributed by atoms with Crippen LogP contribution in [0.15, 0.2) is 46.1 Å². The Hall–Kier alpha value is -3.62. The molecule has 1 fully saturated rings. The van der Waals surface area contributed by atoms with Crippen LogP contribution in [0.25, 0.3) is 10.9 Å². The Morgan fingerprint density at radius 3 is 2.59 bits per heavy atom. The molecule has 0 aliphatic carbocycles. The van der Waals surface area contributed by atoms with Crippen molar-refractivity contribution in [3.63, 3.8) is 0 Å². The molecule has 168 valence electrons. The Morgan fingerprint density at radius 2 is 1.97 bits per heavy atom. The van der Waals surface area contributed by atoms with E-state index in [1.807, 2.05) is 25.2 Å². The van der Waals surface area contributed by atoms with E-state index in [0.29, 0.717) is 29.2 Å². The maximum absolute atomic E-state index is 12.5. The van der Waals surface area contributed by atoms with E-state index in [9.17, 15) is 14.4 Å². The van der Waals surface area contributed by atoms with Crippen molar-refractivity contribution in [1.82, 2.24) is 19.9 Å². The summed E-state index contributed by atoms with van der Waals surface area (Å²) in [5, 5.41) is 3.10. The zero-order valence-electron chi connectivity index (χ0n) is 18.6. The third-order valence-corrected chi connectivity index (χ3v) is 6.27. The number of aromatic nitrogens is 3. The summed E-state index contributed by atoms with van der Waals surface area (Å²) in [6, 6.07) is 9.63. The number of carbonyl (C=O) groups is 1. The van der Waals surface area contributed by atoms with Gasteiger partial charge in [-0.1, -0.05) is 0 Å². The summed E-state index contributed by atoms with van der Waals surface area (Å²) < 4.78 is 1.21. The molecule has 2 N–H and O–H groups in total. The summed E-state index contributed by atoms with van der Waals surface area (Å²) in [7, 11) is 3.64. The smallest absolute Gasteiger partial charge is 0.328 e. The van der Waals surface area contributed by atoms with E-state index in [0.717, 1.165) is 37.3 Å². The van der Waals surface area contributed by atoms with Crippen molar-refractivity contribution in [1.29, 1.82) is 0 Å². The van der Waals surface area contributed by atoms with Gasteiger partial charge in [-0.3, -0.25) is 14.2 Å². The summed E-state index contributed by atoms with van der Waals surface area (Å²) in [4.78, 5) is 47.9. The average molecular weight is 437 g/mol. The lowest BCUT2D eigenvalue weighted by Crippen LogP contribution is -2.43. The number of nitrogens with zero attached hydrogens (tertiary/aromatic N) is 4. The molecule has 2 aromatic heterocycles. The summed E-state index contributed by atoms with van der Waals surface area (Å²) in [6.07, 6.45) is 3.66. The van der Waals surface area contributed by atoms with Crippen molar-refractivity contribution in [2.24, 2.45) is 0 Å². The van der Waals surface area contributed by atoms with E-state index in [-0.39, 0.29) is 17.2 Å². The number of benzene rings is 1. The Bertz CT molecular complexity index is 1240. The van der Waals surface area contributed by atoms with Crippen LogP contribution in [0.4, 0.5) is 11.4 Å². The van der Waals surface area contributed by atoms with E-state index in [4.69, 9.17) is 0 Å². The molecule has 0 spiro atoms. The maximum Gasteiger partial charge on any atom is 0.328 e. The highest BCUT2D eigenvalue weighted by atomic mass is 16.2. The number of piperidine rings is 1. The summed E-state index contributed by atoms with van der Waals surface area (Å²) in [6.45, 7) is 3.88. The second-order valence-corrected chi connectivity index (χ2v) is 8.02. The van der Waals surface area contributed by atoms with Gasteiger partial charge in [-0.2, -0.15) is 0 Å². The Labute approximate surface area is 185 Å². The minimum atomic E-state index is -0.380. The molecule has 0 unspecified atom stereocenters. The highest BCUT2D eigenvalue weighted by Gasteiger charge is 2.24. The van der Waals surface area contributed by atoms with Crippen LogP contribution in [0.5, 0.6) is 0 Å². The first-order valence-corrected chi connectivity index (χ1v) is 10.9. The topological polar surface area (TPSA) is 103 Å². The highest BCUT2D eigenvalue weighted by Crippen LogP contribution is 2.26. The van der Waals surface area contributed by atoms with Gasteiger partial charge in [-0.15, -0.1) is 0 Å². The van der Waals surface area contributed by atoms with Gasteiger partial charge in [0.25, 0.3) is 11.5 Å². The zero-order valence-corrected chi connectivity index (χ0v) is 18.6. The molecule has 9 nitrogen and oxygen atoms in total. The van der Waals surface area contributed by atoms with Crippen molar-refractivity contribution in [3.8, 4) is 0 Å². The molecule has 1 aromatic carbocycles. The molecule has 1 aliphatic heterocycles. The number of fused-ring (bicyclic) bond motifs is 1. The van der Waals surface area contributed by atoms with Gasteiger partial charge >= 0.3 is 5.69 Å². The largest absolute Gasteiger partial charge is 0.371 e. The third-order valence-electron chi connectivity index (χ3n) is 6.27. The van der Waals surface area contributed by atoms with Crippen LogP contribution < -0.4 is 26.4 Å². The van der Waals surface area contributed by atoms with Crippen LogP contribution in [0, 0.1) is 0 Å². The van der Waals surface area contributed by atoms with Crippen LogP contribution in [0.2, 0.25) is 0 Å². The molecular weight excluding hydrogens is 408 g/mol. The van der Waals surface area contributed by atoms with Crippen molar-refractivity contribution in [2.45, 2.75) is 32.4 Å². The van der Waals surface area contributed by atoms with Gasteiger partial charge in [-0.25, -0.2) is 9.78 Å². The Kier molecular flexibility index (Phi) is 5.98. The van der Waals surface area contributed by atoms with Gasteiger partial charge in [0.1, 0.15) is 5.69 Å². The lowest BCUT2D eigenvalue weighted by atomic mass is 10.0. The third kappa shape index (κ3) is 3.98. The zero-order chi connectivity index (χ0) is 22.8. The number of pyridine rings is 1. The van der Waals surface area contributed by atoms with Gasteiger partial charge in [0.2, 0.25) is 0 Å². The predicted molar refractivity (Wildman–Crippen MR) is 126 cm³/mol. The van der Waals surface area contributed by atoms with E-state index in [1.54, 1.807) is 32.3 Å². The quantitative estimate of drug-likeness (QED) is 0.629. The monoisotopic (exact) mass is 436 g/mol. The number of H-pyrrole nitrogens is 1. The van der Waals surface area contributed by atoms with Crippen LogP contribution in [0.1, 0.15) is 30.3 Å². The first kappa shape index (κ1) is 21.6. The maximum atomic E-state index is 12.5. The normalized spacial score (nSPS) is 14.5. The predicted octanol–water partition coefficient (Wildman–Crippen LogP) is 1.57. The van der Waals surface area contributed by atoms with Gasteiger partial charge in [-0.05, 0) is 50.1 Å². The molecule has 32 heavy (non-hydrogen) atoms. The van der Waals surface area contributed by atoms with Crippen molar-refractivity contribution >= 4 is 28.2 Å². The van der Waals surface area contributed by atoms with E-state index in [2.05, 4.69) is 25.1 Å². The fraction of sp³-hybridized carbons (Fsp3) is 0.391. The number of hydrogen-bond acceptors (Lipinski definition) is 6. The van der Waals surface area contributed by atoms with Crippen LogP contribution in [0.3, 0.4) is 0 Å². The number of nitrogens with one attached hydrogen (secondary N) is 2. The molecule has 0 radical (unpaired) electrons. The first-order chi connectivity index (χ1) is 15.4. The highest BCUT2D eigenvalue weighted by molar-refractivity contribution is 5.92. The minimum absolute atomic E-state index is 0.192. The molecule has 1 saturated heterocycles. The van der Waals surface area contributed by atoms with Gasteiger partial charge in [0, 0.05) is 45.5 Å². The number of carbonyl (C=O) groups excluding carboxylic acids is 1. The molecule has 4 rings (SSSR count). The van der Waals surface area contributed by atoms with E-state index in [1.165, 1.54) is 4.57 Å². The number of hydrogen-bond donors (Lipinski definition) is 2. The molecule has 3 heterocycles. The molecule has 3 aromatic rings. The first-order valence-electron chi connectivity index (χ1n) is 10.9. The Morgan fingerprint density at radius 1 is 1.22 bits per heavy atom. The lowest BCUT2D eigenvalue weighted by Gasteiger charge is -2.38. The molecule has 0 saturated carbocycles. The molecular formula is C23H28N6O3. The number of aromatic amines is 1. The van der Waals surface area contributed by atoms with Crippen LogP contribution in [-0.4, -0.2) is 53.7 Å². The minimum Gasteiger partial charge on any atom is -0.371 e. The molecule has 0 atom stereocenters. The standard InChI is InChI=1S/C23H28N6O3/c1-4-29-22(31)18-7-5-16(13-20(18)26-23(29)32)27(3)15-9-11-28(12-10-15)17-6-8-19(25-14-17)21(30)24-2/h5-8,13-15H,4,9-12H2,1-3H3,(H,24,30)(H,26,32). The van der Waals surface area contributed by atoms with Gasteiger partial charge in [0.05, 0.1) is 22.8 Å². The van der Waals surface area contributed by atoms with Crippen molar-refractivity contribution in [3.05, 3.63) is 63.1 Å². The van der Waals surface area contributed by atoms with E-state index >= 15 is 0 Å². The van der Waals surface area contributed by atoms with Crippen molar-refractivity contribution in [2.75, 3.05) is 37.0 Å². The van der Waals surface area contributed by atoms with Crippen LogP contribution >= 0.6 is 0 Å². The number of amides is 1. The van der Waals surface area contributed by atoms with Gasteiger partial charge < -0.3 is 20.1 Å². The van der Waals surface area contributed by atoms with E-state index < -0.39 is 0 Å². The molecule has 1 amide bonds. The van der Waals surface area contributed by atoms with Gasteiger partial charge in [0.15, 0.2) is 0 Å². The average Bonchev–Trinajstić information content (AvgIpc) is 2.83. The molecule has 0 bridgehead atoms. The number of rotatable bonds is 5. The Balaban J connectivity index is 1.47. The molecule has 1 aliphatic rings. The second kappa shape index (κ2) is 8.86. The fourth-order valence-corrected chi connectivity index (χ4v) is 4.31. The van der Waals surface area contributed by atoms with Crippen LogP contribution in [-0.2, 0) is 6.54 Å². The fourth-order valence-electron chi connectivity index (χ4n) is 4.31.